The van der Waals surface area contributed by atoms with E-state index in [1.165, 1.54) is 7.11 Å². The normalized spacial score (nSPS) is 15.7. The van der Waals surface area contributed by atoms with E-state index >= 15 is 0 Å². The number of nitrogens with zero attached hydrogens (tertiary/aromatic N) is 2. The van der Waals surface area contributed by atoms with Crippen molar-refractivity contribution in [2.24, 2.45) is 4.99 Å². The van der Waals surface area contributed by atoms with Crippen LogP contribution < -0.4 is 14.8 Å². The molecule has 1 heterocycles. The number of methoxy groups -OCH3 is 2. The molecule has 2 rings (SSSR count). The van der Waals surface area contributed by atoms with Crippen LogP contribution in [0.3, 0.4) is 0 Å². The van der Waals surface area contributed by atoms with E-state index in [4.69, 9.17) is 14.2 Å². The number of piperidine rings is 1. The number of nitrogens with one attached hydrogen (secondary N) is 1. The predicted molar refractivity (Wildman–Crippen MR) is 107 cm³/mol. The Labute approximate surface area is 171 Å². The van der Waals surface area contributed by atoms with Crippen LogP contribution in [0.2, 0.25) is 0 Å². The van der Waals surface area contributed by atoms with Gasteiger partial charge in [-0.2, -0.15) is 8.78 Å². The van der Waals surface area contributed by atoms with Gasteiger partial charge in [0.1, 0.15) is 0 Å². The summed E-state index contributed by atoms with van der Waals surface area (Å²) < 4.78 is 45.7. The monoisotopic (exact) mass is 415 g/mol. The summed E-state index contributed by atoms with van der Waals surface area (Å²) in [5, 5.41) is 3.28. The molecular formula is C20H31F2N3O4. The number of hydrogen-bond acceptors (Lipinski definition) is 5. The summed E-state index contributed by atoms with van der Waals surface area (Å²) in [4.78, 5) is 6.52. The molecule has 1 fully saturated rings. The maximum absolute atomic E-state index is 12.6. The average Bonchev–Trinajstić information content (AvgIpc) is 2.72. The number of ether oxygens (including phenoxy) is 4. The standard InChI is InChI=1S/C20H31F2N3O4/c1-23-20(25-9-7-16(8-10-25)28-12-4-11-26-2)24-14-15-5-6-17(27-3)18(13-15)29-19(21)22/h5-6,13,16,19H,4,7-12,14H2,1-3H3,(H,23,24). The first-order valence-electron chi connectivity index (χ1n) is 9.75. The maximum Gasteiger partial charge on any atom is 0.387 e. The number of benzene rings is 1. The van der Waals surface area contributed by atoms with E-state index in [2.05, 4.69) is 19.9 Å². The molecule has 0 spiro atoms. The third kappa shape index (κ3) is 7.66. The van der Waals surface area contributed by atoms with E-state index in [9.17, 15) is 8.78 Å². The van der Waals surface area contributed by atoms with Crippen LogP contribution in [-0.4, -0.2) is 71.1 Å². The van der Waals surface area contributed by atoms with Crippen molar-refractivity contribution in [2.45, 2.75) is 38.5 Å². The quantitative estimate of drug-likeness (QED) is 0.360. The van der Waals surface area contributed by atoms with Gasteiger partial charge in [-0.25, -0.2) is 0 Å². The summed E-state index contributed by atoms with van der Waals surface area (Å²) in [6.45, 7) is 0.645. The Bertz CT molecular complexity index is 638. The van der Waals surface area contributed by atoms with Gasteiger partial charge < -0.3 is 29.2 Å². The molecule has 164 valence electrons. The second-order valence-corrected chi connectivity index (χ2v) is 6.67. The third-order valence-corrected chi connectivity index (χ3v) is 4.69. The molecule has 0 saturated carbocycles. The fourth-order valence-electron chi connectivity index (χ4n) is 3.22. The molecule has 1 aromatic carbocycles. The Morgan fingerprint density at radius 2 is 1.97 bits per heavy atom. The van der Waals surface area contributed by atoms with Crippen molar-refractivity contribution >= 4 is 5.96 Å². The van der Waals surface area contributed by atoms with E-state index in [-0.39, 0.29) is 17.6 Å². The summed E-state index contributed by atoms with van der Waals surface area (Å²) in [6, 6.07) is 4.97. The van der Waals surface area contributed by atoms with Crippen molar-refractivity contribution in [3.8, 4) is 11.5 Å². The number of halogens is 2. The highest BCUT2D eigenvalue weighted by atomic mass is 19.3. The van der Waals surface area contributed by atoms with Gasteiger partial charge in [-0.3, -0.25) is 4.99 Å². The summed E-state index contributed by atoms with van der Waals surface area (Å²) in [6.07, 6.45) is 3.03. The number of guanidine groups is 1. The molecule has 0 atom stereocenters. The summed E-state index contributed by atoms with van der Waals surface area (Å²) in [5.41, 5.74) is 0.791. The van der Waals surface area contributed by atoms with Crippen LogP contribution in [0, 0.1) is 0 Å². The Hall–Kier alpha value is -2.13. The molecule has 0 amide bonds. The average molecular weight is 415 g/mol. The zero-order chi connectivity index (χ0) is 21.1. The molecule has 0 bridgehead atoms. The van der Waals surface area contributed by atoms with Gasteiger partial charge in [0.05, 0.1) is 13.2 Å². The lowest BCUT2D eigenvalue weighted by Crippen LogP contribution is -2.46. The molecular weight excluding hydrogens is 384 g/mol. The van der Waals surface area contributed by atoms with E-state index in [0.717, 1.165) is 43.9 Å². The number of aliphatic imine (C=N–C) groups is 1. The van der Waals surface area contributed by atoms with Crippen LogP contribution in [0.25, 0.3) is 0 Å². The molecule has 1 aliphatic rings. The second kappa shape index (κ2) is 12.4. The molecule has 0 aliphatic carbocycles. The summed E-state index contributed by atoms with van der Waals surface area (Å²) >= 11 is 0. The van der Waals surface area contributed by atoms with Gasteiger partial charge in [-0.05, 0) is 37.0 Å². The van der Waals surface area contributed by atoms with Crippen LogP contribution in [0.15, 0.2) is 23.2 Å². The topological polar surface area (TPSA) is 64.6 Å². The van der Waals surface area contributed by atoms with Crippen LogP contribution in [0.1, 0.15) is 24.8 Å². The van der Waals surface area contributed by atoms with Crippen molar-refractivity contribution in [1.29, 1.82) is 0 Å². The molecule has 7 nitrogen and oxygen atoms in total. The second-order valence-electron chi connectivity index (χ2n) is 6.67. The molecule has 9 heteroatoms. The molecule has 0 unspecified atom stereocenters. The highest BCUT2D eigenvalue weighted by Gasteiger charge is 2.22. The highest BCUT2D eigenvalue weighted by molar-refractivity contribution is 5.80. The minimum Gasteiger partial charge on any atom is -0.493 e. The lowest BCUT2D eigenvalue weighted by molar-refractivity contribution is -0.0512. The molecule has 29 heavy (non-hydrogen) atoms. The Morgan fingerprint density at radius 3 is 2.59 bits per heavy atom. The van der Waals surface area contributed by atoms with Gasteiger partial charge in [-0.1, -0.05) is 6.07 Å². The van der Waals surface area contributed by atoms with Crippen molar-refractivity contribution < 1.29 is 27.7 Å². The minimum absolute atomic E-state index is 0.0169. The largest absolute Gasteiger partial charge is 0.493 e. The Balaban J connectivity index is 1.84. The lowest BCUT2D eigenvalue weighted by Gasteiger charge is -2.34. The van der Waals surface area contributed by atoms with E-state index in [1.54, 1.807) is 32.4 Å². The van der Waals surface area contributed by atoms with E-state index < -0.39 is 6.61 Å². The van der Waals surface area contributed by atoms with Crippen molar-refractivity contribution in [1.82, 2.24) is 10.2 Å². The highest BCUT2D eigenvalue weighted by Crippen LogP contribution is 2.29. The van der Waals surface area contributed by atoms with Crippen LogP contribution >= 0.6 is 0 Å². The SMILES string of the molecule is CN=C(NCc1ccc(OC)c(OC(F)F)c1)N1CCC(OCCCOC)CC1. The van der Waals surface area contributed by atoms with Crippen molar-refractivity contribution in [3.63, 3.8) is 0 Å². The lowest BCUT2D eigenvalue weighted by atomic mass is 10.1. The van der Waals surface area contributed by atoms with Gasteiger partial charge in [0.25, 0.3) is 0 Å². The number of likely N-dealkylation sites (tertiary alicyclic amines) is 1. The molecule has 0 aromatic heterocycles. The molecule has 1 aromatic rings. The summed E-state index contributed by atoms with van der Waals surface area (Å²) in [7, 11) is 4.84. The van der Waals surface area contributed by atoms with Gasteiger partial charge in [0.2, 0.25) is 0 Å². The summed E-state index contributed by atoms with van der Waals surface area (Å²) in [5.74, 6) is 1.06. The van der Waals surface area contributed by atoms with E-state index in [1.807, 2.05) is 0 Å². The molecule has 1 N–H and O–H groups in total. The van der Waals surface area contributed by atoms with Gasteiger partial charge >= 0.3 is 6.61 Å². The number of hydrogen-bond donors (Lipinski definition) is 1. The zero-order valence-corrected chi connectivity index (χ0v) is 17.3. The number of rotatable bonds is 10. The Kier molecular flexibility index (Phi) is 9.93. The van der Waals surface area contributed by atoms with Gasteiger partial charge in [-0.15, -0.1) is 0 Å². The maximum atomic E-state index is 12.6. The zero-order valence-electron chi connectivity index (χ0n) is 17.3. The third-order valence-electron chi connectivity index (χ3n) is 4.69. The van der Waals surface area contributed by atoms with Gasteiger partial charge in [0, 0.05) is 47.0 Å². The van der Waals surface area contributed by atoms with Crippen molar-refractivity contribution in [2.75, 3.05) is 47.6 Å². The predicted octanol–water partition coefficient (Wildman–Crippen LogP) is 2.89. The van der Waals surface area contributed by atoms with Gasteiger partial charge in [0.15, 0.2) is 17.5 Å². The molecule has 0 radical (unpaired) electrons. The fraction of sp³-hybridized carbons (Fsp3) is 0.650. The number of alkyl halides is 2. The Morgan fingerprint density at radius 1 is 1.21 bits per heavy atom. The van der Waals surface area contributed by atoms with Crippen molar-refractivity contribution in [3.05, 3.63) is 23.8 Å². The van der Waals surface area contributed by atoms with Crippen LogP contribution in [-0.2, 0) is 16.0 Å². The first-order chi connectivity index (χ1) is 14.1. The fourth-order valence-corrected chi connectivity index (χ4v) is 3.22. The molecule has 1 aliphatic heterocycles. The van der Waals surface area contributed by atoms with Crippen LogP contribution in [0.4, 0.5) is 8.78 Å². The first kappa shape index (κ1) is 23.2. The smallest absolute Gasteiger partial charge is 0.387 e. The first-order valence-corrected chi connectivity index (χ1v) is 9.75. The van der Waals surface area contributed by atoms with E-state index in [0.29, 0.717) is 19.8 Å². The minimum atomic E-state index is -2.90. The molecule has 1 saturated heterocycles. The van der Waals surface area contributed by atoms with Crippen LogP contribution in [0.5, 0.6) is 11.5 Å².